The van der Waals surface area contributed by atoms with Gasteiger partial charge in [-0.05, 0) is 33.0 Å². The Kier molecular flexibility index (Phi) is 1.29. The van der Waals surface area contributed by atoms with Gasteiger partial charge in [0.25, 0.3) is 0 Å². The highest BCUT2D eigenvalue weighted by Crippen LogP contribution is 2.04. The lowest BCUT2D eigenvalue weighted by atomic mass is 10.1. The van der Waals surface area contributed by atoms with Crippen LogP contribution in [0.5, 0.6) is 0 Å². The molecule has 1 heteroatoms. The summed E-state index contributed by atoms with van der Waals surface area (Å²) in [5.41, 5.74) is 0. The summed E-state index contributed by atoms with van der Waals surface area (Å²) >= 11 is 0. The van der Waals surface area contributed by atoms with Crippen LogP contribution < -0.4 is 0 Å². The first-order valence-corrected chi connectivity index (χ1v) is 2.90. The fraction of sp³-hybridized carbons (Fsp3) is 1.00. The molecule has 42 valence electrons. The number of piperidine rings is 1. The van der Waals surface area contributed by atoms with Gasteiger partial charge < -0.3 is 4.90 Å². The molecule has 1 rings (SSSR count). The largest absolute Gasteiger partial charge is 0.306 e. The van der Waals surface area contributed by atoms with E-state index in [-0.39, 0.29) is 6.40 Å². The first-order valence-electron chi connectivity index (χ1n) is 3.47. The highest BCUT2D eigenvalue weighted by Gasteiger charge is 2.02. The van der Waals surface area contributed by atoms with Crippen molar-refractivity contribution in [3.63, 3.8) is 0 Å². The van der Waals surface area contributed by atoms with E-state index < -0.39 is 0 Å². The van der Waals surface area contributed by atoms with Crippen LogP contribution in [0.1, 0.15) is 20.6 Å². The van der Waals surface area contributed by atoms with Crippen LogP contribution in [0.25, 0.3) is 0 Å². The summed E-state index contributed by atoms with van der Waals surface area (Å²) in [4.78, 5) is 2.22. The van der Waals surface area contributed by atoms with Crippen LogP contribution in [0, 0.1) is 0 Å². The quantitative estimate of drug-likeness (QED) is 0.440. The zero-order valence-corrected chi connectivity index (χ0v) is 4.85. The van der Waals surface area contributed by atoms with Gasteiger partial charge in [-0.1, -0.05) is 6.42 Å². The molecule has 0 amide bonds. The van der Waals surface area contributed by atoms with Crippen molar-refractivity contribution in [3.8, 4) is 0 Å². The number of hydrogen-bond acceptors (Lipinski definition) is 1. The fourth-order valence-corrected chi connectivity index (χ4v) is 0.909. The molecule has 1 aliphatic rings. The molecule has 0 aliphatic carbocycles. The van der Waals surface area contributed by atoms with Crippen molar-refractivity contribution in [1.29, 1.82) is 0 Å². The minimum absolute atomic E-state index is 0.189. The van der Waals surface area contributed by atoms with Gasteiger partial charge in [0.1, 0.15) is 0 Å². The third-order valence-electron chi connectivity index (χ3n) is 1.39. The average molecular weight is 100 g/mol. The molecule has 1 nitrogen and oxygen atoms in total. The van der Waals surface area contributed by atoms with E-state index in [0.717, 1.165) is 13.0 Å². The predicted molar refractivity (Wildman–Crippen MR) is 31.3 cm³/mol. The number of likely N-dealkylation sites (tertiary alicyclic amines) is 1. The van der Waals surface area contributed by atoms with Crippen LogP contribution >= 0.6 is 0 Å². The molecule has 1 aliphatic heterocycles. The first kappa shape index (κ1) is 3.90. The highest BCUT2D eigenvalue weighted by molar-refractivity contribution is 4.58. The van der Waals surface area contributed by atoms with Gasteiger partial charge in [0.15, 0.2) is 0 Å². The van der Waals surface area contributed by atoms with E-state index in [4.69, 9.17) is 1.37 Å². The van der Waals surface area contributed by atoms with Crippen molar-refractivity contribution in [2.75, 3.05) is 20.1 Å². The molecule has 0 N–H and O–H groups in total. The lowest BCUT2D eigenvalue weighted by molar-refractivity contribution is 0.277. The van der Waals surface area contributed by atoms with Crippen LogP contribution in [-0.4, -0.2) is 25.0 Å². The predicted octanol–water partition coefficient (Wildman–Crippen LogP) is 1.10. The Morgan fingerprint density at radius 2 is 2.29 bits per heavy atom. The Bertz CT molecular complexity index is 66.9. The molecule has 0 spiro atoms. The topological polar surface area (TPSA) is 3.24 Å². The minimum Gasteiger partial charge on any atom is -0.306 e. The van der Waals surface area contributed by atoms with Gasteiger partial charge in [-0.15, -0.1) is 0 Å². The SMILES string of the molecule is [2H][C@@H]1CCCN(C)C1. The van der Waals surface area contributed by atoms with Crippen molar-refractivity contribution in [2.45, 2.75) is 19.2 Å². The molecule has 0 aromatic heterocycles. The number of nitrogens with zero attached hydrogens (tertiary/aromatic N) is 1. The molecular formula is C6H13N. The molecule has 0 saturated carbocycles. The molecule has 7 heavy (non-hydrogen) atoms. The van der Waals surface area contributed by atoms with E-state index in [1.807, 2.05) is 0 Å². The van der Waals surface area contributed by atoms with Crippen LogP contribution in [-0.2, 0) is 0 Å². The summed E-state index contributed by atoms with van der Waals surface area (Å²) in [5, 5.41) is 0. The average Bonchev–Trinajstić information content (AvgIpc) is 1.64. The van der Waals surface area contributed by atoms with Crippen molar-refractivity contribution in [2.24, 2.45) is 0 Å². The molecule has 1 saturated heterocycles. The Morgan fingerprint density at radius 1 is 1.43 bits per heavy atom. The third kappa shape index (κ3) is 1.48. The zero-order valence-electron chi connectivity index (χ0n) is 5.85. The van der Waals surface area contributed by atoms with Gasteiger partial charge in [-0.25, -0.2) is 0 Å². The summed E-state index contributed by atoms with van der Waals surface area (Å²) in [7, 11) is 2.08. The van der Waals surface area contributed by atoms with Gasteiger partial charge in [0.2, 0.25) is 0 Å². The summed E-state index contributed by atoms with van der Waals surface area (Å²) in [5.74, 6) is 0. The summed E-state index contributed by atoms with van der Waals surface area (Å²) in [6.45, 7) is 2.16. The Balaban J connectivity index is 2.23. The molecule has 1 atom stereocenters. The lowest BCUT2D eigenvalue weighted by Crippen LogP contribution is -2.24. The second-order valence-electron chi connectivity index (χ2n) is 2.19. The normalized spacial score (nSPS) is 37.9. The van der Waals surface area contributed by atoms with Crippen molar-refractivity contribution in [1.82, 2.24) is 4.90 Å². The van der Waals surface area contributed by atoms with Gasteiger partial charge in [-0.3, -0.25) is 0 Å². The third-order valence-corrected chi connectivity index (χ3v) is 1.39. The fourth-order valence-electron chi connectivity index (χ4n) is 0.909. The van der Waals surface area contributed by atoms with E-state index in [1.165, 1.54) is 13.0 Å². The monoisotopic (exact) mass is 100 g/mol. The first-order chi connectivity index (χ1) is 3.79. The Hall–Kier alpha value is -0.0400. The molecule has 0 radical (unpaired) electrons. The molecule has 1 heterocycles. The van der Waals surface area contributed by atoms with E-state index in [9.17, 15) is 0 Å². The second-order valence-corrected chi connectivity index (χ2v) is 2.19. The maximum absolute atomic E-state index is 7.36. The molecule has 0 unspecified atom stereocenters. The maximum Gasteiger partial charge on any atom is 0.0280 e. The van der Waals surface area contributed by atoms with Crippen LogP contribution in [0.3, 0.4) is 0 Å². The van der Waals surface area contributed by atoms with E-state index in [2.05, 4.69) is 11.9 Å². The second kappa shape index (κ2) is 2.31. The van der Waals surface area contributed by atoms with Gasteiger partial charge in [-0.2, -0.15) is 0 Å². The number of rotatable bonds is 0. The van der Waals surface area contributed by atoms with E-state index in [0.29, 0.717) is 0 Å². The van der Waals surface area contributed by atoms with Crippen LogP contribution in [0.4, 0.5) is 0 Å². The lowest BCUT2D eigenvalue weighted by Gasteiger charge is -2.20. The molecule has 0 aromatic carbocycles. The molecule has 0 bridgehead atoms. The van der Waals surface area contributed by atoms with Gasteiger partial charge in [0.05, 0.1) is 0 Å². The van der Waals surface area contributed by atoms with Crippen LogP contribution in [0.2, 0.25) is 0 Å². The van der Waals surface area contributed by atoms with Crippen molar-refractivity contribution in [3.05, 3.63) is 0 Å². The van der Waals surface area contributed by atoms with Gasteiger partial charge in [0, 0.05) is 1.37 Å². The number of hydrogen-bond donors (Lipinski definition) is 0. The van der Waals surface area contributed by atoms with Crippen LogP contribution in [0.15, 0.2) is 0 Å². The molecule has 1 fully saturated rings. The zero-order chi connectivity index (χ0) is 5.98. The van der Waals surface area contributed by atoms with Crippen molar-refractivity contribution >= 4 is 0 Å². The summed E-state index contributed by atoms with van der Waals surface area (Å²) < 4.78 is 7.36. The summed E-state index contributed by atoms with van der Waals surface area (Å²) in [6, 6.07) is 0. The highest BCUT2D eigenvalue weighted by atomic mass is 15.1. The Morgan fingerprint density at radius 3 is 2.71 bits per heavy atom. The maximum atomic E-state index is 7.36. The minimum atomic E-state index is 0.189. The van der Waals surface area contributed by atoms with E-state index in [1.54, 1.807) is 0 Å². The Labute approximate surface area is 46.7 Å². The molecular weight excluding hydrogens is 86.1 g/mol. The van der Waals surface area contributed by atoms with Gasteiger partial charge >= 0.3 is 0 Å². The summed E-state index contributed by atoms with van der Waals surface area (Å²) in [6.07, 6.45) is 2.50. The smallest absolute Gasteiger partial charge is 0.0280 e. The molecule has 0 aromatic rings. The van der Waals surface area contributed by atoms with Crippen molar-refractivity contribution < 1.29 is 1.37 Å². The standard InChI is InChI=1S/C6H13N/c1-7-5-3-2-4-6-7/h2-6H2,1H3/i3D/t3-/m1/s1. The van der Waals surface area contributed by atoms with E-state index >= 15 is 0 Å².